The molecule has 1 N–H and O–H groups in total. The lowest BCUT2D eigenvalue weighted by Crippen LogP contribution is -2.19. The van der Waals surface area contributed by atoms with E-state index in [1.165, 1.54) is 36.1 Å². The Labute approximate surface area is 170 Å². The van der Waals surface area contributed by atoms with Crippen LogP contribution in [0.25, 0.3) is 10.9 Å². The highest BCUT2D eigenvalue weighted by Crippen LogP contribution is 2.37. The summed E-state index contributed by atoms with van der Waals surface area (Å²) in [6.07, 6.45) is 3.41. The normalized spacial score (nSPS) is 18.1. The minimum atomic E-state index is -1.46. The Morgan fingerprint density at radius 1 is 1.41 bits per heavy atom. The van der Waals surface area contributed by atoms with Gasteiger partial charge in [-0.3, -0.25) is 10.1 Å². The molecule has 2 atom stereocenters. The Balaban J connectivity index is 1.85. The molecule has 29 heavy (non-hydrogen) atoms. The van der Waals surface area contributed by atoms with E-state index in [2.05, 4.69) is 10.1 Å². The molecule has 4 rings (SSSR count). The number of fused-ring (bicyclic) bond motifs is 1. The number of aliphatic hydroxyl groups excluding tert-OH is 1. The summed E-state index contributed by atoms with van der Waals surface area (Å²) in [5.41, 5.74) is 0.116. The van der Waals surface area contributed by atoms with Gasteiger partial charge >= 0.3 is 0 Å². The summed E-state index contributed by atoms with van der Waals surface area (Å²) in [5.74, 6) is -0.516. The van der Waals surface area contributed by atoms with Crippen molar-refractivity contribution in [1.29, 1.82) is 0 Å². The molecule has 1 saturated heterocycles. The summed E-state index contributed by atoms with van der Waals surface area (Å²) < 4.78 is 21.8. The average molecular weight is 421 g/mol. The van der Waals surface area contributed by atoms with E-state index in [9.17, 15) is 19.6 Å². The van der Waals surface area contributed by atoms with Crippen LogP contribution in [0, 0.1) is 22.9 Å². The maximum absolute atomic E-state index is 14.7. The van der Waals surface area contributed by atoms with Gasteiger partial charge in [-0.25, -0.2) is 14.1 Å². The molecule has 0 spiro atoms. The Bertz CT molecular complexity index is 1100. The fraction of sp³-hybridized carbons (Fsp3) is 0.368. The molecule has 0 radical (unpaired) electrons. The molecule has 1 fully saturated rings. The standard InChI is InChI=1S/C19H18ClFN4O4/c1-10-13(20)9-22-16(17(10)25(27)28)19(26)11-5-6-14(21)18-12(11)8-23-24(18)15-4-2-3-7-29-15/h5-6,8-9,15,19,26H,2-4,7H2,1H3. The van der Waals surface area contributed by atoms with Gasteiger partial charge in [-0.05, 0) is 37.8 Å². The molecule has 2 aromatic heterocycles. The van der Waals surface area contributed by atoms with Crippen LogP contribution in [0.2, 0.25) is 5.02 Å². The molecule has 3 aromatic rings. The molecular weight excluding hydrogens is 403 g/mol. The minimum Gasteiger partial charge on any atom is -0.382 e. The van der Waals surface area contributed by atoms with Crippen LogP contribution in [-0.2, 0) is 4.74 Å². The summed E-state index contributed by atoms with van der Waals surface area (Å²) in [5, 5.41) is 27.2. The fourth-order valence-electron chi connectivity index (χ4n) is 3.68. The number of rotatable bonds is 4. The average Bonchev–Trinajstić information content (AvgIpc) is 3.16. The number of halogens is 2. The van der Waals surface area contributed by atoms with Crippen LogP contribution < -0.4 is 0 Å². The van der Waals surface area contributed by atoms with E-state index in [-0.39, 0.29) is 33.0 Å². The van der Waals surface area contributed by atoms with Gasteiger partial charge in [0, 0.05) is 23.8 Å². The van der Waals surface area contributed by atoms with Crippen molar-refractivity contribution in [3.63, 3.8) is 0 Å². The van der Waals surface area contributed by atoms with E-state index in [0.29, 0.717) is 18.4 Å². The van der Waals surface area contributed by atoms with Gasteiger partial charge in [-0.1, -0.05) is 17.7 Å². The summed E-state index contributed by atoms with van der Waals surface area (Å²) in [7, 11) is 0. The molecule has 1 aromatic carbocycles. The summed E-state index contributed by atoms with van der Waals surface area (Å²) in [4.78, 5) is 14.9. The Hall–Kier alpha value is -2.62. The zero-order chi connectivity index (χ0) is 20.7. The first-order chi connectivity index (χ1) is 13.9. The second kappa shape index (κ2) is 7.66. The second-order valence-electron chi connectivity index (χ2n) is 6.93. The van der Waals surface area contributed by atoms with Gasteiger partial charge < -0.3 is 9.84 Å². The number of ether oxygens (including phenoxy) is 1. The number of nitro groups is 1. The van der Waals surface area contributed by atoms with Crippen molar-refractivity contribution >= 4 is 28.2 Å². The first-order valence-electron chi connectivity index (χ1n) is 9.14. The van der Waals surface area contributed by atoms with Crippen molar-refractivity contribution in [2.45, 2.75) is 38.5 Å². The number of aliphatic hydroxyl groups is 1. The van der Waals surface area contributed by atoms with E-state index in [1.807, 2.05) is 0 Å². The highest BCUT2D eigenvalue weighted by atomic mass is 35.5. The van der Waals surface area contributed by atoms with Crippen LogP contribution in [0.3, 0.4) is 0 Å². The third-order valence-corrected chi connectivity index (χ3v) is 5.56. The smallest absolute Gasteiger partial charge is 0.298 e. The maximum atomic E-state index is 14.7. The number of aromatic nitrogens is 3. The third-order valence-electron chi connectivity index (χ3n) is 5.18. The van der Waals surface area contributed by atoms with Gasteiger partial charge in [-0.15, -0.1) is 0 Å². The predicted octanol–water partition coefficient (Wildman–Crippen LogP) is 4.22. The lowest BCUT2D eigenvalue weighted by Gasteiger charge is -2.23. The van der Waals surface area contributed by atoms with Crippen LogP contribution in [0.15, 0.2) is 24.5 Å². The Kier molecular flexibility index (Phi) is 5.20. The molecule has 0 saturated carbocycles. The van der Waals surface area contributed by atoms with E-state index in [0.717, 1.165) is 12.8 Å². The molecule has 3 heterocycles. The SMILES string of the molecule is Cc1c(Cl)cnc(C(O)c2ccc(F)c3c2cnn3C2CCCCO2)c1[N+](=O)[O-]. The van der Waals surface area contributed by atoms with Crippen LogP contribution in [-0.4, -0.2) is 31.4 Å². The summed E-state index contributed by atoms with van der Waals surface area (Å²) in [6.45, 7) is 2.05. The van der Waals surface area contributed by atoms with E-state index in [4.69, 9.17) is 16.3 Å². The fourth-order valence-corrected chi connectivity index (χ4v) is 3.82. The van der Waals surface area contributed by atoms with Crippen molar-refractivity contribution in [1.82, 2.24) is 14.8 Å². The summed E-state index contributed by atoms with van der Waals surface area (Å²) >= 11 is 5.96. The van der Waals surface area contributed by atoms with Crippen molar-refractivity contribution in [3.05, 3.63) is 62.3 Å². The maximum Gasteiger partial charge on any atom is 0.298 e. The van der Waals surface area contributed by atoms with Crippen molar-refractivity contribution in [2.75, 3.05) is 6.61 Å². The van der Waals surface area contributed by atoms with Crippen LogP contribution in [0.5, 0.6) is 0 Å². The first kappa shape index (κ1) is 19.7. The molecule has 0 amide bonds. The van der Waals surface area contributed by atoms with Gasteiger partial charge in [0.2, 0.25) is 0 Å². The van der Waals surface area contributed by atoms with Crippen molar-refractivity contribution in [3.8, 4) is 0 Å². The molecular formula is C19H18ClFN4O4. The van der Waals surface area contributed by atoms with E-state index >= 15 is 0 Å². The first-order valence-corrected chi connectivity index (χ1v) is 9.52. The topological polar surface area (TPSA) is 103 Å². The lowest BCUT2D eigenvalue weighted by atomic mass is 9.99. The predicted molar refractivity (Wildman–Crippen MR) is 103 cm³/mol. The van der Waals surface area contributed by atoms with Crippen molar-refractivity contribution < 1.29 is 19.2 Å². The third kappa shape index (κ3) is 3.35. The molecule has 8 nitrogen and oxygen atoms in total. The van der Waals surface area contributed by atoms with Gasteiger partial charge in [-0.2, -0.15) is 5.10 Å². The van der Waals surface area contributed by atoms with Gasteiger partial charge in [0.1, 0.15) is 17.4 Å². The Morgan fingerprint density at radius 2 is 2.21 bits per heavy atom. The van der Waals surface area contributed by atoms with E-state index < -0.39 is 23.1 Å². The molecule has 152 valence electrons. The number of hydrogen-bond acceptors (Lipinski definition) is 6. The zero-order valence-electron chi connectivity index (χ0n) is 15.5. The molecule has 0 aliphatic carbocycles. The number of pyridine rings is 1. The van der Waals surface area contributed by atoms with Crippen LogP contribution >= 0.6 is 11.6 Å². The highest BCUT2D eigenvalue weighted by molar-refractivity contribution is 6.31. The Morgan fingerprint density at radius 3 is 2.90 bits per heavy atom. The molecule has 2 unspecified atom stereocenters. The number of nitrogens with zero attached hydrogens (tertiary/aromatic N) is 4. The summed E-state index contributed by atoms with van der Waals surface area (Å²) in [6, 6.07) is 2.59. The molecule has 0 bridgehead atoms. The van der Waals surface area contributed by atoms with Gasteiger partial charge in [0.25, 0.3) is 5.69 Å². The van der Waals surface area contributed by atoms with Crippen molar-refractivity contribution in [2.24, 2.45) is 0 Å². The monoisotopic (exact) mass is 420 g/mol. The van der Waals surface area contributed by atoms with Crippen LogP contribution in [0.4, 0.5) is 10.1 Å². The van der Waals surface area contributed by atoms with Gasteiger partial charge in [0.15, 0.2) is 11.9 Å². The number of hydrogen-bond donors (Lipinski definition) is 1. The molecule has 10 heteroatoms. The van der Waals surface area contributed by atoms with E-state index in [1.54, 1.807) is 0 Å². The van der Waals surface area contributed by atoms with Gasteiger partial charge in [0.05, 0.1) is 16.1 Å². The quantitative estimate of drug-likeness (QED) is 0.500. The lowest BCUT2D eigenvalue weighted by molar-refractivity contribution is -0.386. The largest absolute Gasteiger partial charge is 0.382 e. The van der Waals surface area contributed by atoms with Crippen LogP contribution in [0.1, 0.15) is 48.4 Å². The second-order valence-corrected chi connectivity index (χ2v) is 7.34. The highest BCUT2D eigenvalue weighted by Gasteiger charge is 2.30. The molecule has 1 aliphatic rings. The molecule has 1 aliphatic heterocycles. The number of benzene rings is 1. The zero-order valence-corrected chi connectivity index (χ0v) is 16.3. The minimum absolute atomic E-state index is 0.124.